The minimum absolute atomic E-state index is 0.0953. The van der Waals surface area contributed by atoms with Crippen LogP contribution in [0, 0.1) is 0 Å². The zero-order chi connectivity index (χ0) is 70.9. The van der Waals surface area contributed by atoms with Gasteiger partial charge in [0.25, 0.3) is 0 Å². The Morgan fingerprint density at radius 3 is 0.907 bits per heavy atom. The summed E-state index contributed by atoms with van der Waals surface area (Å²) in [5.74, 6) is -1.62. The SMILES string of the molecule is CC/C=C\C/C=C\C/C=C\C/C=C\C/C=C\C/C=C\CCCCC(=O)OCC(COP(=O)(O)OCC(O)COP(=O)(O)OCC(O)COC(=O)CCCCCCCCCCCCC/C=C\C/C=C\C/C=C\C/C=C\CCCCC)OC(=O)CCCCCCCCCCCCCCC. The van der Waals surface area contributed by atoms with Crippen LogP contribution in [0.25, 0.3) is 0 Å². The number of carbonyl (C=O) groups is 3. The summed E-state index contributed by atoms with van der Waals surface area (Å²) in [6, 6.07) is 0. The maximum absolute atomic E-state index is 12.9. The minimum Gasteiger partial charge on any atom is -0.463 e. The average molecular weight is 1400 g/mol. The molecule has 0 saturated carbocycles. The van der Waals surface area contributed by atoms with Crippen molar-refractivity contribution in [1.29, 1.82) is 0 Å². The molecule has 0 saturated heterocycles. The van der Waals surface area contributed by atoms with Crippen molar-refractivity contribution in [1.82, 2.24) is 0 Å². The minimum atomic E-state index is -4.94. The molecule has 0 aromatic rings. The maximum atomic E-state index is 12.9. The van der Waals surface area contributed by atoms with Gasteiger partial charge in [-0.15, -0.1) is 0 Å². The molecule has 0 aliphatic carbocycles. The lowest BCUT2D eigenvalue weighted by Crippen LogP contribution is -2.30. The summed E-state index contributed by atoms with van der Waals surface area (Å²) < 4.78 is 61.0. The van der Waals surface area contributed by atoms with Crippen LogP contribution in [-0.4, -0.2) is 95.9 Å². The van der Waals surface area contributed by atoms with Gasteiger partial charge in [-0.25, -0.2) is 9.13 Å². The average Bonchev–Trinajstić information content (AvgIpc) is 2.14. The lowest BCUT2D eigenvalue weighted by atomic mass is 10.0. The molecule has 0 radical (unpaired) electrons. The van der Waals surface area contributed by atoms with Crippen LogP contribution in [0.3, 0.4) is 0 Å². The van der Waals surface area contributed by atoms with Gasteiger partial charge < -0.3 is 34.2 Å². The molecule has 0 spiro atoms. The number of aliphatic hydroxyl groups excluding tert-OH is 2. The normalized spacial score (nSPS) is 14.8. The summed E-state index contributed by atoms with van der Waals surface area (Å²) in [5, 5.41) is 20.6. The molecule has 558 valence electrons. The molecule has 16 nitrogen and oxygen atoms in total. The lowest BCUT2D eigenvalue weighted by molar-refractivity contribution is -0.161. The summed E-state index contributed by atoms with van der Waals surface area (Å²) in [7, 11) is -9.79. The standard InChI is InChI=1S/C79H136O16P2/c1-4-7-10-13-16-19-22-25-27-29-31-33-34-35-36-37-38-40-42-43-45-48-50-53-56-59-62-65-77(82)89-68-74(80)69-91-96(85,86)92-70-75(81)71-93-97(87,88)94-73-76(95-79(84)67-64-61-58-55-52-47-24-21-18-15-12-9-6-3)72-90-78(83)66-63-60-57-54-51-49-46-44-41-39-32-30-28-26-23-20-17-14-11-8-5-2/h8,11,16-17,19-20,25-28,31-33,35-36,39,44,46,51,54,74-76,80-81H,4-7,9-10,12-15,18,21-24,29-30,34,37-38,40-43,45,47-50,52-53,55-73H2,1-3H3,(H,85,86)(H,87,88)/b11-8-,19-16-,20-17-,27-25-,28-26-,33-31-,36-35-,39-32-,46-44-,54-51-. The van der Waals surface area contributed by atoms with Crippen molar-refractivity contribution in [3.8, 4) is 0 Å². The number of unbranched alkanes of at least 4 members (excludes halogenated alkanes) is 28. The second-order valence-corrected chi connectivity index (χ2v) is 28.0. The quantitative estimate of drug-likeness (QED) is 0.0146. The van der Waals surface area contributed by atoms with Crippen molar-refractivity contribution < 1.29 is 75.8 Å². The van der Waals surface area contributed by atoms with E-state index in [0.717, 1.165) is 122 Å². The summed E-state index contributed by atoms with van der Waals surface area (Å²) in [6.07, 6.45) is 83.9. The van der Waals surface area contributed by atoms with Crippen molar-refractivity contribution in [3.63, 3.8) is 0 Å². The number of rotatable bonds is 71. The Hall–Kier alpha value is -4.05. The van der Waals surface area contributed by atoms with Crippen molar-refractivity contribution in [2.45, 2.75) is 322 Å². The monoisotopic (exact) mass is 1400 g/mol. The van der Waals surface area contributed by atoms with Crippen LogP contribution in [0.4, 0.5) is 0 Å². The van der Waals surface area contributed by atoms with Gasteiger partial charge in [-0.1, -0.05) is 290 Å². The highest BCUT2D eigenvalue weighted by molar-refractivity contribution is 7.47. The van der Waals surface area contributed by atoms with Crippen LogP contribution in [0.5, 0.6) is 0 Å². The Morgan fingerprint density at radius 2 is 0.546 bits per heavy atom. The van der Waals surface area contributed by atoms with Crippen LogP contribution >= 0.6 is 15.6 Å². The van der Waals surface area contributed by atoms with Gasteiger partial charge in [-0.05, 0) is 116 Å². The summed E-state index contributed by atoms with van der Waals surface area (Å²) in [4.78, 5) is 58.5. The first-order valence-corrected chi connectivity index (χ1v) is 40.8. The third-order valence-electron chi connectivity index (χ3n) is 15.7. The lowest BCUT2D eigenvalue weighted by Gasteiger charge is -2.21. The summed E-state index contributed by atoms with van der Waals surface area (Å²) >= 11 is 0. The molecule has 0 bridgehead atoms. The molecule has 0 aliphatic rings. The van der Waals surface area contributed by atoms with Gasteiger partial charge in [-0.2, -0.15) is 0 Å². The van der Waals surface area contributed by atoms with Crippen LogP contribution in [0.2, 0.25) is 0 Å². The number of carbonyl (C=O) groups excluding carboxylic acids is 3. The molecule has 4 N–H and O–H groups in total. The first-order valence-electron chi connectivity index (χ1n) is 37.8. The number of allylic oxidation sites excluding steroid dienone is 20. The Kier molecular flexibility index (Phi) is 68.8. The van der Waals surface area contributed by atoms with Crippen LogP contribution in [0.15, 0.2) is 122 Å². The van der Waals surface area contributed by atoms with Gasteiger partial charge in [0.05, 0.1) is 26.4 Å². The number of phosphoric acid groups is 2. The van der Waals surface area contributed by atoms with Gasteiger partial charge in [0.2, 0.25) is 0 Å². The summed E-state index contributed by atoms with van der Waals surface area (Å²) in [6.45, 7) is 2.49. The number of aliphatic hydroxyl groups is 2. The van der Waals surface area contributed by atoms with Crippen molar-refractivity contribution >= 4 is 33.6 Å². The molecule has 18 heteroatoms. The second kappa shape index (κ2) is 71.8. The molecule has 0 heterocycles. The number of hydrogen-bond acceptors (Lipinski definition) is 14. The molecule has 5 atom stereocenters. The van der Waals surface area contributed by atoms with Gasteiger partial charge in [0, 0.05) is 19.3 Å². The molecular weight excluding hydrogens is 1270 g/mol. The highest BCUT2D eigenvalue weighted by atomic mass is 31.2. The zero-order valence-electron chi connectivity index (χ0n) is 60.7. The molecule has 0 aromatic carbocycles. The third kappa shape index (κ3) is 73.0. The highest BCUT2D eigenvalue weighted by Crippen LogP contribution is 2.45. The fourth-order valence-corrected chi connectivity index (χ4v) is 11.5. The molecule has 97 heavy (non-hydrogen) atoms. The van der Waals surface area contributed by atoms with E-state index in [9.17, 15) is 43.5 Å². The van der Waals surface area contributed by atoms with E-state index in [1.54, 1.807) is 0 Å². The number of phosphoric ester groups is 2. The van der Waals surface area contributed by atoms with Gasteiger partial charge in [0.15, 0.2) is 6.10 Å². The fourth-order valence-electron chi connectivity index (χ4n) is 9.91. The van der Waals surface area contributed by atoms with E-state index in [2.05, 4.69) is 142 Å². The molecule has 0 amide bonds. The van der Waals surface area contributed by atoms with E-state index in [-0.39, 0.29) is 19.3 Å². The van der Waals surface area contributed by atoms with Gasteiger partial charge in [-0.3, -0.25) is 32.5 Å². The predicted molar refractivity (Wildman–Crippen MR) is 399 cm³/mol. The Balaban J connectivity index is 4.57. The second-order valence-electron chi connectivity index (χ2n) is 25.1. The highest BCUT2D eigenvalue weighted by Gasteiger charge is 2.29. The predicted octanol–water partition coefficient (Wildman–Crippen LogP) is 21.8. The number of hydrogen-bond donors (Lipinski definition) is 4. The number of ether oxygens (including phenoxy) is 3. The van der Waals surface area contributed by atoms with E-state index in [4.69, 9.17) is 32.3 Å². The van der Waals surface area contributed by atoms with E-state index in [1.165, 1.54) is 122 Å². The molecule has 0 rings (SSSR count). The topological polar surface area (TPSA) is 231 Å². The van der Waals surface area contributed by atoms with E-state index < -0.39 is 91.5 Å². The molecule has 5 unspecified atom stereocenters. The van der Waals surface area contributed by atoms with E-state index >= 15 is 0 Å². The van der Waals surface area contributed by atoms with Crippen LogP contribution in [-0.2, 0) is 55.8 Å². The van der Waals surface area contributed by atoms with Crippen LogP contribution in [0.1, 0.15) is 303 Å². The maximum Gasteiger partial charge on any atom is 0.472 e. The fraction of sp³-hybridized carbons (Fsp3) is 0.709. The number of esters is 3. The van der Waals surface area contributed by atoms with Crippen molar-refractivity contribution in [2.75, 3.05) is 39.6 Å². The third-order valence-corrected chi connectivity index (χ3v) is 17.6. The van der Waals surface area contributed by atoms with Crippen molar-refractivity contribution in [3.05, 3.63) is 122 Å². The zero-order valence-corrected chi connectivity index (χ0v) is 62.5. The Labute approximate surface area is 589 Å². The molecule has 0 aliphatic heterocycles. The smallest absolute Gasteiger partial charge is 0.463 e. The molecule has 0 fully saturated rings. The van der Waals surface area contributed by atoms with Gasteiger partial charge >= 0.3 is 33.6 Å². The van der Waals surface area contributed by atoms with E-state index in [1.807, 2.05) is 0 Å². The summed E-state index contributed by atoms with van der Waals surface area (Å²) in [5.41, 5.74) is 0. The van der Waals surface area contributed by atoms with Crippen LogP contribution < -0.4 is 0 Å². The van der Waals surface area contributed by atoms with E-state index in [0.29, 0.717) is 19.3 Å². The molecular formula is C79H136O16P2. The first kappa shape index (κ1) is 93.0. The van der Waals surface area contributed by atoms with Crippen molar-refractivity contribution in [2.24, 2.45) is 0 Å². The molecule has 0 aromatic heterocycles. The Morgan fingerprint density at radius 1 is 0.299 bits per heavy atom. The Bertz CT molecular complexity index is 2250. The largest absolute Gasteiger partial charge is 0.472 e. The first-order chi connectivity index (χ1) is 47.2. The van der Waals surface area contributed by atoms with Gasteiger partial charge in [0.1, 0.15) is 25.4 Å².